The van der Waals surface area contributed by atoms with Crippen molar-refractivity contribution in [2.75, 3.05) is 0 Å². The molecule has 2 N–H and O–H groups in total. The molecular formula is C16H17NO3. The van der Waals surface area contributed by atoms with E-state index in [1.165, 1.54) is 0 Å². The molecule has 4 heteroatoms. The summed E-state index contributed by atoms with van der Waals surface area (Å²) in [5.41, 5.74) is 0.923. The van der Waals surface area contributed by atoms with E-state index in [4.69, 9.17) is 0 Å². The largest absolute Gasteiger partial charge is 0.480 e. The summed E-state index contributed by atoms with van der Waals surface area (Å²) in [6.45, 7) is 1.70. The number of carbonyl (C=O) groups is 2. The van der Waals surface area contributed by atoms with Crippen LogP contribution in [0.25, 0.3) is 10.8 Å². The molecule has 0 fully saturated rings. The zero-order valence-electron chi connectivity index (χ0n) is 11.3. The third kappa shape index (κ3) is 3.15. The second-order valence-electron chi connectivity index (χ2n) is 4.65. The Kier molecular flexibility index (Phi) is 4.35. The maximum Gasteiger partial charge on any atom is 0.326 e. The minimum atomic E-state index is -1.01. The predicted octanol–water partition coefficient (Wildman–Crippen LogP) is 2.36. The fraction of sp³-hybridized carbons (Fsp3) is 0.250. The quantitative estimate of drug-likeness (QED) is 0.877. The summed E-state index contributed by atoms with van der Waals surface area (Å²) in [6.07, 6.45) is 0.557. The van der Waals surface area contributed by atoms with Crippen molar-refractivity contribution in [2.45, 2.75) is 25.8 Å². The van der Waals surface area contributed by atoms with Crippen LogP contribution < -0.4 is 5.32 Å². The van der Waals surface area contributed by atoms with Gasteiger partial charge in [-0.2, -0.15) is 0 Å². The molecule has 2 aromatic carbocycles. The molecule has 1 amide bonds. The zero-order chi connectivity index (χ0) is 14.5. The van der Waals surface area contributed by atoms with Crippen molar-refractivity contribution in [3.63, 3.8) is 0 Å². The van der Waals surface area contributed by atoms with Crippen molar-refractivity contribution in [1.82, 2.24) is 5.32 Å². The number of hydrogen-bond acceptors (Lipinski definition) is 2. The van der Waals surface area contributed by atoms with Crippen LogP contribution in [0, 0.1) is 0 Å². The Labute approximate surface area is 117 Å². The van der Waals surface area contributed by atoms with Crippen LogP contribution >= 0.6 is 0 Å². The van der Waals surface area contributed by atoms with E-state index in [9.17, 15) is 14.7 Å². The van der Waals surface area contributed by atoms with E-state index in [0.717, 1.165) is 16.3 Å². The lowest BCUT2D eigenvalue weighted by Crippen LogP contribution is -2.42. The van der Waals surface area contributed by atoms with Gasteiger partial charge in [-0.3, -0.25) is 4.79 Å². The van der Waals surface area contributed by atoms with Gasteiger partial charge in [0.25, 0.3) is 0 Å². The smallest absolute Gasteiger partial charge is 0.326 e. The Bertz CT molecular complexity index is 631. The Morgan fingerprint density at radius 1 is 1.15 bits per heavy atom. The maximum absolute atomic E-state index is 11.4. The molecule has 4 nitrogen and oxygen atoms in total. The lowest BCUT2D eigenvalue weighted by Gasteiger charge is -2.15. The molecule has 104 valence electrons. The van der Waals surface area contributed by atoms with E-state index >= 15 is 0 Å². The van der Waals surface area contributed by atoms with Gasteiger partial charge in [0.2, 0.25) is 5.91 Å². The standard InChI is InChI=1S/C16H17NO3/c1-2-15(18)17-14(16(19)20)10-12-8-5-7-11-6-3-4-9-13(11)12/h3-9,14H,2,10H2,1H3,(H,17,18)(H,19,20)/t14-/m0/s1. The Balaban J connectivity index is 2.29. The molecule has 0 heterocycles. The van der Waals surface area contributed by atoms with Crippen LogP contribution in [0.5, 0.6) is 0 Å². The summed E-state index contributed by atoms with van der Waals surface area (Å²) < 4.78 is 0. The molecule has 0 radical (unpaired) electrons. The van der Waals surface area contributed by atoms with Gasteiger partial charge < -0.3 is 10.4 Å². The van der Waals surface area contributed by atoms with Gasteiger partial charge in [0.1, 0.15) is 6.04 Å². The van der Waals surface area contributed by atoms with Gasteiger partial charge in [-0.1, -0.05) is 49.4 Å². The van der Waals surface area contributed by atoms with Gasteiger partial charge in [-0.15, -0.1) is 0 Å². The maximum atomic E-state index is 11.4. The fourth-order valence-corrected chi connectivity index (χ4v) is 2.19. The fourth-order valence-electron chi connectivity index (χ4n) is 2.19. The summed E-state index contributed by atoms with van der Waals surface area (Å²) in [5.74, 6) is -1.27. The van der Waals surface area contributed by atoms with E-state index < -0.39 is 12.0 Å². The second-order valence-corrected chi connectivity index (χ2v) is 4.65. The number of fused-ring (bicyclic) bond motifs is 1. The highest BCUT2D eigenvalue weighted by Crippen LogP contribution is 2.19. The van der Waals surface area contributed by atoms with Gasteiger partial charge >= 0.3 is 5.97 Å². The molecule has 0 aromatic heterocycles. The number of amides is 1. The van der Waals surface area contributed by atoms with E-state index in [2.05, 4.69) is 5.32 Å². The van der Waals surface area contributed by atoms with Gasteiger partial charge in [-0.05, 0) is 16.3 Å². The molecule has 0 aliphatic heterocycles. The molecule has 0 unspecified atom stereocenters. The number of carbonyl (C=O) groups excluding carboxylic acids is 1. The Hall–Kier alpha value is -2.36. The molecule has 1 atom stereocenters. The van der Waals surface area contributed by atoms with Crippen LogP contribution in [-0.4, -0.2) is 23.0 Å². The van der Waals surface area contributed by atoms with Crippen molar-refractivity contribution in [1.29, 1.82) is 0 Å². The van der Waals surface area contributed by atoms with Crippen LogP contribution in [0.3, 0.4) is 0 Å². The number of nitrogens with one attached hydrogen (secondary N) is 1. The van der Waals surface area contributed by atoms with Crippen molar-refractivity contribution in [3.8, 4) is 0 Å². The Morgan fingerprint density at radius 3 is 2.55 bits per heavy atom. The topological polar surface area (TPSA) is 66.4 Å². The van der Waals surface area contributed by atoms with Gasteiger partial charge in [0.15, 0.2) is 0 Å². The van der Waals surface area contributed by atoms with Crippen LogP contribution in [0.1, 0.15) is 18.9 Å². The molecule has 0 spiro atoms. The lowest BCUT2D eigenvalue weighted by atomic mass is 9.99. The highest BCUT2D eigenvalue weighted by atomic mass is 16.4. The summed E-state index contributed by atoms with van der Waals surface area (Å²) in [4.78, 5) is 22.7. The number of carboxylic acids is 1. The van der Waals surface area contributed by atoms with Crippen LogP contribution in [0.2, 0.25) is 0 Å². The zero-order valence-corrected chi connectivity index (χ0v) is 11.3. The van der Waals surface area contributed by atoms with Gasteiger partial charge in [0, 0.05) is 12.8 Å². The number of benzene rings is 2. The molecule has 0 saturated carbocycles. The van der Waals surface area contributed by atoms with E-state index in [-0.39, 0.29) is 18.7 Å². The van der Waals surface area contributed by atoms with Crippen LogP contribution in [-0.2, 0) is 16.0 Å². The number of hydrogen-bond donors (Lipinski definition) is 2. The average Bonchev–Trinajstić information content (AvgIpc) is 2.46. The number of carboxylic acid groups (broad SMARTS) is 1. The van der Waals surface area contributed by atoms with Gasteiger partial charge in [0.05, 0.1) is 0 Å². The SMILES string of the molecule is CCC(=O)N[C@@H](Cc1cccc2ccccc12)C(=O)O. The molecule has 0 aliphatic rings. The minimum Gasteiger partial charge on any atom is -0.480 e. The van der Waals surface area contributed by atoms with E-state index in [0.29, 0.717) is 0 Å². The van der Waals surface area contributed by atoms with Crippen molar-refractivity contribution < 1.29 is 14.7 Å². The first kappa shape index (κ1) is 14.1. The summed E-state index contributed by atoms with van der Waals surface area (Å²) in [7, 11) is 0. The molecule has 2 aromatic rings. The third-order valence-electron chi connectivity index (χ3n) is 3.26. The lowest BCUT2D eigenvalue weighted by molar-refractivity contribution is -0.141. The molecular weight excluding hydrogens is 254 g/mol. The number of aliphatic carboxylic acids is 1. The highest BCUT2D eigenvalue weighted by Gasteiger charge is 2.20. The van der Waals surface area contributed by atoms with Crippen molar-refractivity contribution in [3.05, 3.63) is 48.0 Å². The first-order valence-electron chi connectivity index (χ1n) is 6.60. The molecule has 20 heavy (non-hydrogen) atoms. The summed E-state index contributed by atoms with van der Waals surface area (Å²) >= 11 is 0. The molecule has 0 saturated heterocycles. The molecule has 2 rings (SSSR count). The van der Waals surface area contributed by atoms with E-state index in [1.807, 2.05) is 42.5 Å². The minimum absolute atomic E-state index is 0.252. The third-order valence-corrected chi connectivity index (χ3v) is 3.26. The van der Waals surface area contributed by atoms with Crippen molar-refractivity contribution in [2.24, 2.45) is 0 Å². The number of rotatable bonds is 5. The van der Waals surface area contributed by atoms with Crippen LogP contribution in [0.4, 0.5) is 0 Å². The normalized spacial score (nSPS) is 12.1. The second kappa shape index (κ2) is 6.19. The highest BCUT2D eigenvalue weighted by molar-refractivity contribution is 5.87. The predicted molar refractivity (Wildman–Crippen MR) is 77.5 cm³/mol. The van der Waals surface area contributed by atoms with E-state index in [1.54, 1.807) is 6.92 Å². The van der Waals surface area contributed by atoms with Gasteiger partial charge in [-0.25, -0.2) is 4.79 Å². The first-order valence-corrected chi connectivity index (χ1v) is 6.60. The molecule has 0 bridgehead atoms. The monoisotopic (exact) mass is 271 g/mol. The van der Waals surface area contributed by atoms with Crippen molar-refractivity contribution >= 4 is 22.6 Å². The van der Waals surface area contributed by atoms with Crippen LogP contribution in [0.15, 0.2) is 42.5 Å². The summed E-state index contributed by atoms with van der Waals surface area (Å²) in [6, 6.07) is 12.7. The average molecular weight is 271 g/mol. The summed E-state index contributed by atoms with van der Waals surface area (Å²) in [5, 5.41) is 13.9. The first-order chi connectivity index (χ1) is 9.61. The molecule has 0 aliphatic carbocycles. The Morgan fingerprint density at radius 2 is 1.85 bits per heavy atom.